The zero-order valence-corrected chi connectivity index (χ0v) is 13.2. The van der Waals surface area contributed by atoms with Crippen LogP contribution in [0.1, 0.15) is 45.4 Å². The van der Waals surface area contributed by atoms with Crippen LogP contribution in [0.3, 0.4) is 0 Å². The number of hydrogen-bond donors (Lipinski definition) is 1. The molecule has 1 fully saturated rings. The van der Waals surface area contributed by atoms with Crippen LogP contribution in [0.4, 0.5) is 0 Å². The number of carbonyl (C=O) groups is 2. The van der Waals surface area contributed by atoms with Crippen molar-refractivity contribution in [1.82, 2.24) is 15.1 Å². The van der Waals surface area contributed by atoms with E-state index in [-0.39, 0.29) is 11.8 Å². The minimum absolute atomic E-state index is 0.0532. The molecule has 0 aliphatic heterocycles. The van der Waals surface area contributed by atoms with Gasteiger partial charge in [0, 0.05) is 32.5 Å². The predicted octanol–water partition coefficient (Wildman–Crippen LogP) is 1.24. The van der Waals surface area contributed by atoms with E-state index in [1.165, 1.54) is 12.8 Å². The molecule has 0 aromatic heterocycles. The van der Waals surface area contributed by atoms with Crippen molar-refractivity contribution in [3.8, 4) is 0 Å². The Morgan fingerprint density at radius 1 is 1.10 bits per heavy atom. The SMILES string of the molecule is CC(=O)N(CCCN(C)C)CCC(=O)NC1CCCC1. The number of nitrogens with zero attached hydrogens (tertiary/aromatic N) is 2. The molecule has 0 aromatic rings. The maximum atomic E-state index is 11.9. The van der Waals surface area contributed by atoms with Gasteiger partial charge in [0.2, 0.25) is 11.8 Å². The quantitative estimate of drug-likeness (QED) is 0.729. The van der Waals surface area contributed by atoms with Gasteiger partial charge in [-0.15, -0.1) is 0 Å². The average Bonchev–Trinajstić information content (AvgIpc) is 2.85. The number of rotatable bonds is 8. The van der Waals surface area contributed by atoms with Gasteiger partial charge in [0.25, 0.3) is 0 Å². The normalized spacial score (nSPS) is 15.6. The molecule has 0 spiro atoms. The molecule has 0 saturated heterocycles. The topological polar surface area (TPSA) is 52.7 Å². The monoisotopic (exact) mass is 283 g/mol. The molecular weight excluding hydrogens is 254 g/mol. The van der Waals surface area contributed by atoms with Crippen LogP contribution in [0.2, 0.25) is 0 Å². The summed E-state index contributed by atoms with van der Waals surface area (Å²) >= 11 is 0. The fourth-order valence-corrected chi connectivity index (χ4v) is 2.61. The van der Waals surface area contributed by atoms with E-state index in [1.807, 2.05) is 14.1 Å². The van der Waals surface area contributed by atoms with Crippen molar-refractivity contribution in [2.45, 2.75) is 51.5 Å². The molecule has 2 amide bonds. The van der Waals surface area contributed by atoms with Gasteiger partial charge in [0.15, 0.2) is 0 Å². The van der Waals surface area contributed by atoms with E-state index in [9.17, 15) is 9.59 Å². The minimum atomic E-state index is 0.0532. The van der Waals surface area contributed by atoms with Crippen LogP contribution in [0, 0.1) is 0 Å². The molecule has 0 bridgehead atoms. The van der Waals surface area contributed by atoms with Crippen LogP contribution >= 0.6 is 0 Å². The molecule has 5 nitrogen and oxygen atoms in total. The summed E-state index contributed by atoms with van der Waals surface area (Å²) in [6.45, 7) is 3.79. The van der Waals surface area contributed by atoms with E-state index in [0.29, 0.717) is 19.0 Å². The first kappa shape index (κ1) is 17.0. The number of carbonyl (C=O) groups excluding carboxylic acids is 2. The Labute approximate surface area is 122 Å². The first-order valence-electron chi connectivity index (χ1n) is 7.68. The Hall–Kier alpha value is -1.10. The summed E-state index contributed by atoms with van der Waals surface area (Å²) in [6, 6.07) is 0.363. The Bertz CT molecular complexity index is 312. The Balaban J connectivity index is 2.23. The third-order valence-corrected chi connectivity index (χ3v) is 3.81. The maximum Gasteiger partial charge on any atom is 0.221 e. The molecule has 20 heavy (non-hydrogen) atoms. The van der Waals surface area contributed by atoms with Crippen LogP contribution in [0.5, 0.6) is 0 Å². The van der Waals surface area contributed by atoms with Gasteiger partial charge in [-0.25, -0.2) is 0 Å². The first-order chi connectivity index (χ1) is 9.49. The van der Waals surface area contributed by atoms with E-state index in [2.05, 4.69) is 10.2 Å². The third-order valence-electron chi connectivity index (χ3n) is 3.81. The second kappa shape index (κ2) is 8.95. The molecule has 1 aliphatic carbocycles. The summed E-state index contributed by atoms with van der Waals surface area (Å²) in [6.07, 6.45) is 6.00. The van der Waals surface area contributed by atoms with Gasteiger partial charge in [0.1, 0.15) is 0 Å². The zero-order valence-electron chi connectivity index (χ0n) is 13.2. The van der Waals surface area contributed by atoms with Gasteiger partial charge >= 0.3 is 0 Å². The Morgan fingerprint density at radius 2 is 1.75 bits per heavy atom. The van der Waals surface area contributed by atoms with E-state index in [0.717, 1.165) is 32.4 Å². The van der Waals surface area contributed by atoms with Gasteiger partial charge < -0.3 is 15.1 Å². The molecule has 0 aromatic carbocycles. The molecule has 1 saturated carbocycles. The molecular formula is C15H29N3O2. The van der Waals surface area contributed by atoms with Crippen LogP contribution in [0.15, 0.2) is 0 Å². The van der Waals surface area contributed by atoms with Crippen molar-refractivity contribution in [1.29, 1.82) is 0 Å². The van der Waals surface area contributed by atoms with Crippen molar-refractivity contribution >= 4 is 11.8 Å². The predicted molar refractivity (Wildman–Crippen MR) is 80.4 cm³/mol. The van der Waals surface area contributed by atoms with Gasteiger partial charge in [-0.05, 0) is 39.9 Å². The van der Waals surface area contributed by atoms with Crippen molar-refractivity contribution in [2.75, 3.05) is 33.7 Å². The lowest BCUT2D eigenvalue weighted by Gasteiger charge is -2.22. The van der Waals surface area contributed by atoms with Crippen LogP contribution < -0.4 is 5.32 Å². The Kier molecular flexibility index (Phi) is 7.59. The maximum absolute atomic E-state index is 11.9. The largest absolute Gasteiger partial charge is 0.353 e. The highest BCUT2D eigenvalue weighted by Crippen LogP contribution is 2.17. The zero-order chi connectivity index (χ0) is 15.0. The molecule has 0 unspecified atom stereocenters. The average molecular weight is 283 g/mol. The molecule has 1 rings (SSSR count). The molecule has 1 N–H and O–H groups in total. The summed E-state index contributed by atoms with van der Waals surface area (Å²) in [5, 5.41) is 3.06. The molecule has 0 radical (unpaired) electrons. The second-order valence-corrected chi connectivity index (χ2v) is 5.96. The van der Waals surface area contributed by atoms with Crippen molar-refractivity contribution in [3.63, 3.8) is 0 Å². The second-order valence-electron chi connectivity index (χ2n) is 5.96. The van der Waals surface area contributed by atoms with E-state index < -0.39 is 0 Å². The fraction of sp³-hybridized carbons (Fsp3) is 0.867. The summed E-state index contributed by atoms with van der Waals surface area (Å²) in [7, 11) is 4.04. The van der Waals surface area contributed by atoms with Gasteiger partial charge in [-0.1, -0.05) is 12.8 Å². The lowest BCUT2D eigenvalue weighted by Crippen LogP contribution is -2.38. The summed E-state index contributed by atoms with van der Waals surface area (Å²) < 4.78 is 0. The van der Waals surface area contributed by atoms with Crippen molar-refractivity contribution in [3.05, 3.63) is 0 Å². The fourth-order valence-electron chi connectivity index (χ4n) is 2.61. The number of nitrogens with one attached hydrogen (secondary N) is 1. The Morgan fingerprint density at radius 3 is 2.30 bits per heavy atom. The van der Waals surface area contributed by atoms with Crippen LogP contribution in [-0.2, 0) is 9.59 Å². The number of hydrogen-bond acceptors (Lipinski definition) is 3. The van der Waals surface area contributed by atoms with Gasteiger partial charge in [0.05, 0.1) is 0 Å². The molecule has 0 atom stereocenters. The van der Waals surface area contributed by atoms with Crippen LogP contribution in [-0.4, -0.2) is 61.4 Å². The highest BCUT2D eigenvalue weighted by Gasteiger charge is 2.18. The number of amides is 2. The lowest BCUT2D eigenvalue weighted by atomic mass is 10.2. The molecule has 116 valence electrons. The molecule has 1 aliphatic rings. The molecule has 5 heteroatoms. The lowest BCUT2D eigenvalue weighted by molar-refractivity contribution is -0.129. The van der Waals surface area contributed by atoms with Gasteiger partial charge in [-0.2, -0.15) is 0 Å². The summed E-state index contributed by atoms with van der Waals surface area (Å²) in [5.74, 6) is 0.133. The summed E-state index contributed by atoms with van der Waals surface area (Å²) in [4.78, 5) is 27.3. The standard InChI is InChI=1S/C15H29N3O2/c1-13(19)18(11-6-10-17(2)3)12-9-15(20)16-14-7-4-5-8-14/h14H,4-12H2,1-3H3,(H,16,20). The van der Waals surface area contributed by atoms with Crippen molar-refractivity contribution < 1.29 is 9.59 Å². The minimum Gasteiger partial charge on any atom is -0.353 e. The first-order valence-corrected chi connectivity index (χ1v) is 7.68. The smallest absolute Gasteiger partial charge is 0.221 e. The summed E-state index contributed by atoms with van der Waals surface area (Å²) in [5.41, 5.74) is 0. The third kappa shape index (κ3) is 6.89. The van der Waals surface area contributed by atoms with E-state index in [1.54, 1.807) is 11.8 Å². The molecule has 0 heterocycles. The highest BCUT2D eigenvalue weighted by atomic mass is 16.2. The van der Waals surface area contributed by atoms with Gasteiger partial charge in [-0.3, -0.25) is 9.59 Å². The van der Waals surface area contributed by atoms with Crippen molar-refractivity contribution in [2.24, 2.45) is 0 Å². The van der Waals surface area contributed by atoms with Crippen LogP contribution in [0.25, 0.3) is 0 Å². The highest BCUT2D eigenvalue weighted by molar-refractivity contribution is 5.78. The van der Waals surface area contributed by atoms with E-state index in [4.69, 9.17) is 0 Å². The van der Waals surface area contributed by atoms with E-state index >= 15 is 0 Å².